The van der Waals surface area contributed by atoms with Crippen LogP contribution < -0.4 is 21.9 Å². The molecule has 0 bridgehead atoms. The Balaban J connectivity index is 1.63. The molecule has 1 aromatic heterocycles. The Morgan fingerprint density at radius 3 is 2.50 bits per heavy atom. The summed E-state index contributed by atoms with van der Waals surface area (Å²) < 4.78 is 52.1. The minimum atomic E-state index is -5.74. The van der Waals surface area contributed by atoms with E-state index in [2.05, 4.69) is 28.8 Å². The summed E-state index contributed by atoms with van der Waals surface area (Å²) >= 11 is 0. The van der Waals surface area contributed by atoms with Gasteiger partial charge in [0.25, 0.3) is 11.5 Å². The highest BCUT2D eigenvalue weighted by Gasteiger charge is 2.43. The summed E-state index contributed by atoms with van der Waals surface area (Å²) in [5.41, 5.74) is -0.683. The number of para-hydroxylation sites is 1. The number of phosphoric ester groups is 1. The SMILES string of the molecule is CNc1ccccc1C(=O)NC/C=C/c1cn([C@H]2C[C@H](O)[C@@H](COP(=O)(O)OP(=O)(O)OP(=O)(O)O)O2)c(=O)[nH]c1=O. The van der Waals surface area contributed by atoms with E-state index in [4.69, 9.17) is 14.5 Å². The topological polar surface area (TPSA) is 285 Å². The molecule has 232 valence electrons. The number of hydrogen-bond donors (Lipinski definition) is 8. The number of ether oxygens (including phenoxy) is 1. The molecule has 19 nitrogen and oxygen atoms in total. The number of aromatic amines is 1. The molecule has 8 N–H and O–H groups in total. The Morgan fingerprint density at radius 2 is 1.83 bits per heavy atom. The Bertz CT molecular complexity index is 1580. The van der Waals surface area contributed by atoms with Gasteiger partial charge in [-0.3, -0.25) is 23.7 Å². The lowest BCUT2D eigenvalue weighted by Crippen LogP contribution is -2.33. The molecule has 1 aromatic carbocycles. The number of carbonyl (C=O) groups excluding carboxylic acids is 1. The van der Waals surface area contributed by atoms with Crippen molar-refractivity contribution in [1.29, 1.82) is 0 Å². The second-order valence-corrected chi connectivity index (χ2v) is 12.9. The first-order chi connectivity index (χ1) is 19.5. The number of benzene rings is 1. The molecule has 3 rings (SSSR count). The van der Waals surface area contributed by atoms with Crippen molar-refractivity contribution < 1.29 is 61.1 Å². The smallest absolute Gasteiger partial charge is 0.390 e. The van der Waals surface area contributed by atoms with Crippen LogP contribution in [0.1, 0.15) is 28.6 Å². The molecule has 2 aromatic rings. The lowest BCUT2D eigenvalue weighted by Gasteiger charge is -2.19. The maximum atomic E-state index is 12.4. The quantitative estimate of drug-likeness (QED) is 0.132. The van der Waals surface area contributed by atoms with Crippen LogP contribution in [0.4, 0.5) is 5.69 Å². The molecule has 1 saturated heterocycles. The number of phosphoric acid groups is 3. The molecule has 0 radical (unpaired) electrons. The van der Waals surface area contributed by atoms with E-state index < -0.39 is 59.8 Å². The van der Waals surface area contributed by atoms with Crippen molar-refractivity contribution in [1.82, 2.24) is 14.9 Å². The summed E-state index contributed by atoms with van der Waals surface area (Å²) in [5, 5.41) is 15.8. The van der Waals surface area contributed by atoms with Crippen LogP contribution in [0.25, 0.3) is 6.08 Å². The molecular formula is C20H27N4O15P3. The summed E-state index contributed by atoms with van der Waals surface area (Å²) in [6, 6.07) is 6.80. The molecule has 22 heteroatoms. The molecule has 2 heterocycles. The normalized spacial score (nSPS) is 22.0. The fourth-order valence-corrected chi connectivity index (χ4v) is 6.70. The molecule has 0 saturated carbocycles. The van der Waals surface area contributed by atoms with Crippen molar-refractivity contribution in [3.63, 3.8) is 0 Å². The molecule has 2 unspecified atom stereocenters. The van der Waals surface area contributed by atoms with Crippen molar-refractivity contribution in [2.75, 3.05) is 25.5 Å². The fourth-order valence-electron chi connectivity index (χ4n) is 3.67. The average Bonchev–Trinajstić information content (AvgIpc) is 3.24. The van der Waals surface area contributed by atoms with Gasteiger partial charge in [0.15, 0.2) is 0 Å². The number of carbonyl (C=O) groups is 1. The van der Waals surface area contributed by atoms with Gasteiger partial charge in [-0.05, 0) is 12.1 Å². The van der Waals surface area contributed by atoms with Gasteiger partial charge in [-0.1, -0.05) is 24.3 Å². The van der Waals surface area contributed by atoms with E-state index in [9.17, 15) is 43.0 Å². The largest absolute Gasteiger partial charge is 0.490 e. The van der Waals surface area contributed by atoms with Crippen molar-refractivity contribution in [2.24, 2.45) is 0 Å². The number of aliphatic hydroxyl groups is 1. The third-order valence-corrected chi connectivity index (χ3v) is 9.25. The van der Waals surface area contributed by atoms with E-state index in [0.717, 1.165) is 10.8 Å². The highest BCUT2D eigenvalue weighted by molar-refractivity contribution is 7.66. The number of H-pyrrole nitrogens is 1. The number of anilines is 1. The zero-order valence-corrected chi connectivity index (χ0v) is 24.2. The van der Waals surface area contributed by atoms with Gasteiger partial charge in [0, 0.05) is 31.9 Å². The van der Waals surface area contributed by atoms with Gasteiger partial charge in [0.1, 0.15) is 12.3 Å². The Kier molecular flexibility index (Phi) is 11.0. The third kappa shape index (κ3) is 9.64. The minimum Gasteiger partial charge on any atom is -0.390 e. The van der Waals surface area contributed by atoms with Crippen molar-refractivity contribution in [3.8, 4) is 0 Å². The van der Waals surface area contributed by atoms with Crippen LogP contribution in [0.5, 0.6) is 0 Å². The Morgan fingerprint density at radius 1 is 1.14 bits per heavy atom. The number of nitrogens with zero attached hydrogens (tertiary/aromatic N) is 1. The van der Waals surface area contributed by atoms with E-state index in [1.165, 1.54) is 12.2 Å². The van der Waals surface area contributed by atoms with E-state index in [1.54, 1.807) is 31.3 Å². The second kappa shape index (κ2) is 13.7. The first kappa shape index (κ1) is 33.7. The van der Waals surface area contributed by atoms with Crippen molar-refractivity contribution in [3.05, 3.63) is 68.5 Å². The van der Waals surface area contributed by atoms with Gasteiger partial charge in [0.2, 0.25) is 0 Å². The number of aromatic nitrogens is 2. The number of hydrogen-bond acceptors (Lipinski definition) is 12. The summed E-state index contributed by atoms with van der Waals surface area (Å²) in [4.78, 5) is 75.1. The Labute approximate surface area is 236 Å². The predicted molar refractivity (Wildman–Crippen MR) is 143 cm³/mol. The molecule has 1 aliphatic heterocycles. The predicted octanol–water partition coefficient (Wildman–Crippen LogP) is 0.0132. The van der Waals surface area contributed by atoms with Crippen LogP contribution in [0.15, 0.2) is 46.1 Å². The van der Waals surface area contributed by atoms with E-state index in [0.29, 0.717) is 11.3 Å². The van der Waals surface area contributed by atoms with E-state index in [1.807, 2.05) is 0 Å². The molecular weight excluding hydrogens is 629 g/mol. The molecule has 5 atom stereocenters. The highest BCUT2D eigenvalue weighted by Crippen LogP contribution is 2.66. The fraction of sp³-hybridized carbons (Fsp3) is 0.350. The summed E-state index contributed by atoms with van der Waals surface area (Å²) in [5.74, 6) is -0.376. The zero-order valence-electron chi connectivity index (χ0n) is 21.5. The lowest BCUT2D eigenvalue weighted by molar-refractivity contribution is -0.0450. The van der Waals surface area contributed by atoms with E-state index >= 15 is 0 Å². The van der Waals surface area contributed by atoms with Crippen molar-refractivity contribution >= 4 is 41.1 Å². The number of amides is 1. The van der Waals surface area contributed by atoms with Gasteiger partial charge in [-0.25, -0.2) is 18.5 Å². The lowest BCUT2D eigenvalue weighted by atomic mass is 10.1. The van der Waals surface area contributed by atoms with Crippen LogP contribution >= 0.6 is 23.5 Å². The van der Waals surface area contributed by atoms with Gasteiger partial charge in [0.05, 0.1) is 23.8 Å². The highest BCUT2D eigenvalue weighted by atomic mass is 31.3. The first-order valence-electron chi connectivity index (χ1n) is 11.7. The van der Waals surface area contributed by atoms with E-state index in [-0.39, 0.29) is 24.4 Å². The number of nitrogens with one attached hydrogen (secondary N) is 3. The van der Waals surface area contributed by atoms with Gasteiger partial charge >= 0.3 is 29.2 Å². The third-order valence-electron chi connectivity index (χ3n) is 5.45. The maximum absolute atomic E-state index is 12.4. The summed E-state index contributed by atoms with van der Waals surface area (Å²) in [6.07, 6.45) is -0.363. The van der Waals surface area contributed by atoms with Crippen LogP contribution in [0.3, 0.4) is 0 Å². The number of rotatable bonds is 13. The van der Waals surface area contributed by atoms with Crippen LogP contribution in [-0.2, 0) is 31.6 Å². The van der Waals surface area contributed by atoms with Gasteiger partial charge in [-0.15, -0.1) is 0 Å². The minimum absolute atomic E-state index is 0.0192. The first-order valence-corrected chi connectivity index (χ1v) is 16.2. The number of aliphatic hydroxyl groups excluding tert-OH is 1. The monoisotopic (exact) mass is 656 g/mol. The zero-order chi connectivity index (χ0) is 31.3. The van der Waals surface area contributed by atoms with Crippen molar-refractivity contribution in [2.45, 2.75) is 24.9 Å². The molecule has 1 fully saturated rings. The van der Waals surface area contributed by atoms with Gasteiger partial charge < -0.3 is 40.1 Å². The molecule has 1 aliphatic rings. The average molecular weight is 656 g/mol. The van der Waals surface area contributed by atoms with Crippen LogP contribution in [0, 0.1) is 0 Å². The van der Waals surface area contributed by atoms with Gasteiger partial charge in [-0.2, -0.15) is 8.62 Å². The summed E-state index contributed by atoms with van der Waals surface area (Å²) in [6.45, 7) is -0.917. The van der Waals surface area contributed by atoms with Crippen LogP contribution in [0.2, 0.25) is 0 Å². The standard InChI is InChI=1S/C20H27N4O15P3/c1-21-14-7-3-2-6-13(14)19(27)22-8-4-5-12-10-24(20(28)23-18(12)26)17-9-15(25)16(37-17)11-36-41(32,33)39-42(34,35)38-40(29,30)31/h2-7,10,15-17,21,25H,8-9,11H2,1H3,(H,22,27)(H,32,33)(H,34,35)(H,23,26,28)(H2,29,30,31)/b5-4+/t15-,16+,17+/m0/s1. The van der Waals surface area contributed by atoms with Crippen LogP contribution in [-0.4, -0.2) is 72.5 Å². The summed E-state index contributed by atoms with van der Waals surface area (Å²) in [7, 11) is -15.1. The maximum Gasteiger partial charge on any atom is 0.490 e. The molecule has 1 amide bonds. The second-order valence-electron chi connectivity index (χ2n) is 8.48. The molecule has 0 spiro atoms. The Hall–Kier alpha value is -2.76. The molecule has 42 heavy (non-hydrogen) atoms. The molecule has 0 aliphatic carbocycles.